The average Bonchev–Trinajstić information content (AvgIpc) is 2.74. The van der Waals surface area contributed by atoms with Crippen LogP contribution in [0.15, 0.2) is 24.3 Å². The van der Waals surface area contributed by atoms with Gasteiger partial charge in [0.05, 0.1) is 11.0 Å². The second-order valence-electron chi connectivity index (χ2n) is 4.78. The number of para-hydroxylation sites is 2. The molecule has 0 fully saturated rings. The van der Waals surface area contributed by atoms with Crippen LogP contribution in [0.4, 0.5) is 0 Å². The summed E-state index contributed by atoms with van der Waals surface area (Å²) in [6.45, 7) is 4.09. The topological polar surface area (TPSA) is 55.1 Å². The van der Waals surface area contributed by atoms with Crippen LogP contribution in [0.3, 0.4) is 0 Å². The van der Waals surface area contributed by atoms with Gasteiger partial charge in [0.15, 0.2) is 0 Å². The molecule has 0 spiro atoms. The molecule has 2 aromatic rings. The lowest BCUT2D eigenvalue weighted by Gasteiger charge is -2.17. The van der Waals surface area contributed by atoms with E-state index in [1.54, 1.807) is 0 Å². The first-order valence-electron chi connectivity index (χ1n) is 6.87. The molecular weight excluding hydrogens is 240 g/mol. The van der Waals surface area contributed by atoms with Crippen molar-refractivity contribution in [1.29, 1.82) is 0 Å². The van der Waals surface area contributed by atoms with Crippen molar-refractivity contribution >= 4 is 17.0 Å². The van der Waals surface area contributed by atoms with Crippen molar-refractivity contribution in [3.63, 3.8) is 0 Å². The van der Waals surface area contributed by atoms with Gasteiger partial charge in [-0.3, -0.25) is 0 Å². The number of carbonyl (C=O) groups is 1. The third kappa shape index (κ3) is 2.62. The molecule has 0 saturated carbocycles. The molecule has 1 heterocycles. The zero-order valence-corrected chi connectivity index (χ0v) is 11.5. The number of aliphatic carboxylic acids is 1. The molecule has 1 unspecified atom stereocenters. The van der Waals surface area contributed by atoms with E-state index in [4.69, 9.17) is 0 Å². The van der Waals surface area contributed by atoms with Crippen LogP contribution in [-0.4, -0.2) is 20.6 Å². The van der Waals surface area contributed by atoms with Gasteiger partial charge in [0.2, 0.25) is 0 Å². The Morgan fingerprint density at radius 2 is 2.05 bits per heavy atom. The molecule has 1 N–H and O–H groups in total. The molecule has 0 bridgehead atoms. The van der Waals surface area contributed by atoms with Crippen LogP contribution >= 0.6 is 0 Å². The van der Waals surface area contributed by atoms with Crippen molar-refractivity contribution in [3.05, 3.63) is 30.1 Å². The predicted molar refractivity (Wildman–Crippen MR) is 75.3 cm³/mol. The molecule has 102 valence electrons. The van der Waals surface area contributed by atoms with Gasteiger partial charge in [-0.05, 0) is 25.0 Å². The quantitative estimate of drug-likeness (QED) is 0.865. The van der Waals surface area contributed by atoms with Crippen molar-refractivity contribution < 1.29 is 9.90 Å². The Morgan fingerprint density at radius 3 is 2.68 bits per heavy atom. The molecule has 0 radical (unpaired) electrons. The summed E-state index contributed by atoms with van der Waals surface area (Å²) < 4.78 is 1.91. The van der Waals surface area contributed by atoms with Crippen molar-refractivity contribution in [3.8, 4) is 0 Å². The molecule has 2 rings (SSSR count). The second kappa shape index (κ2) is 5.87. The van der Waals surface area contributed by atoms with E-state index in [0.29, 0.717) is 6.42 Å². The largest absolute Gasteiger partial charge is 0.480 e. The average molecular weight is 260 g/mol. The molecule has 0 amide bonds. The number of imidazole rings is 1. The number of aryl methyl sites for hydroxylation is 1. The van der Waals surface area contributed by atoms with E-state index >= 15 is 0 Å². The first-order chi connectivity index (χ1) is 9.19. The molecule has 4 heteroatoms. The van der Waals surface area contributed by atoms with Crippen LogP contribution < -0.4 is 0 Å². The Labute approximate surface area is 113 Å². The number of carboxylic acid groups (broad SMARTS) is 1. The number of carboxylic acids is 1. The van der Waals surface area contributed by atoms with Gasteiger partial charge in [0.1, 0.15) is 11.9 Å². The highest BCUT2D eigenvalue weighted by molar-refractivity contribution is 5.80. The summed E-state index contributed by atoms with van der Waals surface area (Å²) in [5, 5.41) is 9.48. The number of hydrogen-bond acceptors (Lipinski definition) is 2. The zero-order valence-electron chi connectivity index (χ0n) is 11.5. The fourth-order valence-electron chi connectivity index (χ4n) is 2.48. The Balaban J connectivity index is 2.59. The summed E-state index contributed by atoms with van der Waals surface area (Å²) in [5.41, 5.74) is 1.81. The van der Waals surface area contributed by atoms with Crippen molar-refractivity contribution in [2.45, 2.75) is 45.6 Å². The first-order valence-corrected chi connectivity index (χ1v) is 6.87. The molecule has 1 aromatic carbocycles. The third-order valence-electron chi connectivity index (χ3n) is 3.30. The Morgan fingerprint density at radius 1 is 1.32 bits per heavy atom. The summed E-state index contributed by atoms with van der Waals surface area (Å²) in [7, 11) is 0. The number of aromatic nitrogens is 2. The Bertz CT molecular complexity index is 575. The van der Waals surface area contributed by atoms with Crippen LogP contribution in [0.2, 0.25) is 0 Å². The Hall–Kier alpha value is -1.84. The van der Waals surface area contributed by atoms with E-state index in [9.17, 15) is 9.90 Å². The van der Waals surface area contributed by atoms with E-state index in [1.165, 1.54) is 0 Å². The number of benzene rings is 1. The van der Waals surface area contributed by atoms with E-state index in [-0.39, 0.29) is 0 Å². The monoisotopic (exact) mass is 260 g/mol. The van der Waals surface area contributed by atoms with Gasteiger partial charge in [-0.1, -0.05) is 32.4 Å². The maximum absolute atomic E-state index is 11.5. The van der Waals surface area contributed by atoms with Crippen LogP contribution in [0.25, 0.3) is 11.0 Å². The van der Waals surface area contributed by atoms with E-state index in [2.05, 4.69) is 11.9 Å². The maximum atomic E-state index is 11.5. The lowest BCUT2D eigenvalue weighted by molar-refractivity contribution is -0.141. The number of nitrogens with zero attached hydrogens (tertiary/aromatic N) is 2. The van der Waals surface area contributed by atoms with E-state index in [0.717, 1.165) is 36.1 Å². The third-order valence-corrected chi connectivity index (χ3v) is 3.30. The van der Waals surface area contributed by atoms with Gasteiger partial charge in [-0.15, -0.1) is 0 Å². The summed E-state index contributed by atoms with van der Waals surface area (Å²) >= 11 is 0. The SMILES string of the molecule is CCCc1nc2ccccc2n1C(CCC)C(=O)O. The smallest absolute Gasteiger partial charge is 0.326 e. The van der Waals surface area contributed by atoms with Gasteiger partial charge in [-0.25, -0.2) is 9.78 Å². The molecule has 0 aliphatic carbocycles. The molecule has 1 aromatic heterocycles. The molecule has 0 saturated heterocycles. The number of fused-ring (bicyclic) bond motifs is 1. The molecule has 19 heavy (non-hydrogen) atoms. The highest BCUT2D eigenvalue weighted by Crippen LogP contribution is 2.25. The summed E-state index contributed by atoms with van der Waals surface area (Å²) in [4.78, 5) is 16.1. The summed E-state index contributed by atoms with van der Waals surface area (Å²) in [6, 6.07) is 7.24. The van der Waals surface area contributed by atoms with Gasteiger partial charge in [-0.2, -0.15) is 0 Å². The maximum Gasteiger partial charge on any atom is 0.326 e. The minimum Gasteiger partial charge on any atom is -0.480 e. The summed E-state index contributed by atoms with van der Waals surface area (Å²) in [5.74, 6) is 0.104. The van der Waals surface area contributed by atoms with Crippen molar-refractivity contribution in [2.24, 2.45) is 0 Å². The zero-order chi connectivity index (χ0) is 13.8. The van der Waals surface area contributed by atoms with Gasteiger partial charge >= 0.3 is 5.97 Å². The van der Waals surface area contributed by atoms with Crippen LogP contribution in [0.5, 0.6) is 0 Å². The molecule has 1 atom stereocenters. The fourth-order valence-corrected chi connectivity index (χ4v) is 2.48. The van der Waals surface area contributed by atoms with Gasteiger partial charge in [0.25, 0.3) is 0 Å². The van der Waals surface area contributed by atoms with E-state index in [1.807, 2.05) is 35.8 Å². The number of hydrogen-bond donors (Lipinski definition) is 1. The second-order valence-corrected chi connectivity index (χ2v) is 4.78. The highest BCUT2D eigenvalue weighted by atomic mass is 16.4. The van der Waals surface area contributed by atoms with Gasteiger partial charge < -0.3 is 9.67 Å². The summed E-state index contributed by atoms with van der Waals surface area (Å²) in [6.07, 6.45) is 3.24. The van der Waals surface area contributed by atoms with Gasteiger partial charge in [0, 0.05) is 6.42 Å². The molecule has 0 aliphatic heterocycles. The van der Waals surface area contributed by atoms with Crippen LogP contribution in [0.1, 0.15) is 45.0 Å². The highest BCUT2D eigenvalue weighted by Gasteiger charge is 2.23. The standard InChI is InChI=1S/C15H20N2O2/c1-3-7-13(15(18)19)17-12-10-6-5-9-11(12)16-14(17)8-4-2/h5-6,9-10,13H,3-4,7-8H2,1-2H3,(H,18,19). The van der Waals surface area contributed by atoms with Crippen molar-refractivity contribution in [2.75, 3.05) is 0 Å². The first kappa shape index (κ1) is 13.6. The predicted octanol–water partition coefficient (Wildman–Crippen LogP) is 3.41. The lowest BCUT2D eigenvalue weighted by Crippen LogP contribution is -2.21. The molecule has 0 aliphatic rings. The molecular formula is C15H20N2O2. The minimum absolute atomic E-state index is 0.515. The lowest BCUT2D eigenvalue weighted by atomic mass is 10.1. The van der Waals surface area contributed by atoms with Crippen molar-refractivity contribution in [1.82, 2.24) is 9.55 Å². The van der Waals surface area contributed by atoms with Crippen LogP contribution in [-0.2, 0) is 11.2 Å². The van der Waals surface area contributed by atoms with E-state index < -0.39 is 12.0 Å². The molecule has 4 nitrogen and oxygen atoms in total. The fraction of sp³-hybridized carbons (Fsp3) is 0.467. The van der Waals surface area contributed by atoms with Crippen LogP contribution in [0, 0.1) is 0 Å². The Kier molecular flexibility index (Phi) is 4.20. The normalized spacial score (nSPS) is 12.7. The minimum atomic E-state index is -0.776. The number of rotatable bonds is 6.